The van der Waals surface area contributed by atoms with Gasteiger partial charge in [0.25, 0.3) is 0 Å². The van der Waals surface area contributed by atoms with E-state index < -0.39 is 0 Å². The van der Waals surface area contributed by atoms with Gasteiger partial charge in [-0.15, -0.1) is 0 Å². The number of anilines is 2. The number of nitrogens with zero attached hydrogens (tertiary/aromatic N) is 2. The van der Waals surface area contributed by atoms with Gasteiger partial charge in [-0.05, 0) is 62.3 Å². The van der Waals surface area contributed by atoms with Crippen LogP contribution in [-0.4, -0.2) is 45.4 Å². The van der Waals surface area contributed by atoms with Crippen molar-refractivity contribution in [3.8, 4) is 17.2 Å². The zero-order valence-corrected chi connectivity index (χ0v) is 19.8. The summed E-state index contributed by atoms with van der Waals surface area (Å²) in [5.74, 6) is 2.48. The van der Waals surface area contributed by atoms with Crippen molar-refractivity contribution in [1.82, 2.24) is 4.98 Å². The molecule has 1 aliphatic heterocycles. The summed E-state index contributed by atoms with van der Waals surface area (Å²) in [4.78, 5) is 7.62. The molecule has 0 bridgehead atoms. The Kier molecular flexibility index (Phi) is 6.16. The molecule has 2 aliphatic rings. The lowest BCUT2D eigenvalue weighted by Gasteiger charge is -2.38. The first-order chi connectivity index (χ1) is 16.2. The fourth-order valence-corrected chi connectivity index (χ4v) is 5.29. The smallest absolute Gasteiger partial charge is 0.124 e. The number of hydrogen-bond donors (Lipinski definition) is 1. The van der Waals surface area contributed by atoms with Gasteiger partial charge in [0.2, 0.25) is 0 Å². The van der Waals surface area contributed by atoms with Crippen molar-refractivity contribution in [2.24, 2.45) is 0 Å². The van der Waals surface area contributed by atoms with Crippen LogP contribution in [0.15, 0.2) is 36.4 Å². The summed E-state index contributed by atoms with van der Waals surface area (Å²) in [6, 6.07) is 12.6. The van der Waals surface area contributed by atoms with Crippen molar-refractivity contribution >= 4 is 22.3 Å². The van der Waals surface area contributed by atoms with E-state index in [0.29, 0.717) is 6.04 Å². The minimum absolute atomic E-state index is 0.337. The molecule has 3 aromatic rings. The highest BCUT2D eigenvalue weighted by Crippen LogP contribution is 2.39. The van der Waals surface area contributed by atoms with Crippen LogP contribution < -0.4 is 24.4 Å². The highest BCUT2D eigenvalue weighted by atomic mass is 16.5. The van der Waals surface area contributed by atoms with Gasteiger partial charge in [-0.1, -0.05) is 0 Å². The van der Waals surface area contributed by atoms with E-state index in [1.807, 2.05) is 24.3 Å². The molecular weight excluding hydrogens is 414 g/mol. The van der Waals surface area contributed by atoms with Crippen LogP contribution >= 0.6 is 0 Å². The predicted octanol–water partition coefficient (Wildman–Crippen LogP) is 5.22. The highest BCUT2D eigenvalue weighted by molar-refractivity contribution is 5.95. The monoisotopic (exact) mass is 447 g/mol. The zero-order chi connectivity index (χ0) is 22.8. The standard InChI is InChI=1S/C27H33N3O3/c1-31-20-10-11-26-24(16-20)27(23-8-4-5-9-25(23)29-26)30-12-6-7-18(17-30)28-19-13-21(32-2)15-22(14-19)33-3/h10-11,13-16,18,28H,4-9,12,17H2,1-3H3. The third-order valence-electron chi connectivity index (χ3n) is 6.90. The average molecular weight is 448 g/mol. The molecule has 0 spiro atoms. The van der Waals surface area contributed by atoms with Crippen molar-refractivity contribution in [3.63, 3.8) is 0 Å². The molecule has 1 unspecified atom stereocenters. The molecule has 174 valence electrons. The normalized spacial score (nSPS) is 18.0. The molecule has 1 saturated heterocycles. The number of benzene rings is 2. The van der Waals surface area contributed by atoms with E-state index in [2.05, 4.69) is 22.3 Å². The van der Waals surface area contributed by atoms with Gasteiger partial charge < -0.3 is 24.4 Å². The zero-order valence-electron chi connectivity index (χ0n) is 19.8. The van der Waals surface area contributed by atoms with Gasteiger partial charge in [-0.25, -0.2) is 0 Å². The van der Waals surface area contributed by atoms with Crippen molar-refractivity contribution < 1.29 is 14.2 Å². The minimum atomic E-state index is 0.337. The molecule has 1 aromatic heterocycles. The van der Waals surface area contributed by atoms with E-state index in [0.717, 1.165) is 67.2 Å². The van der Waals surface area contributed by atoms with E-state index in [1.54, 1.807) is 21.3 Å². The average Bonchev–Trinajstić information content (AvgIpc) is 2.86. The highest BCUT2D eigenvalue weighted by Gasteiger charge is 2.27. The topological polar surface area (TPSA) is 55.9 Å². The lowest BCUT2D eigenvalue weighted by atomic mass is 9.91. The first-order valence-corrected chi connectivity index (χ1v) is 11.9. The van der Waals surface area contributed by atoms with E-state index in [1.165, 1.54) is 35.2 Å². The van der Waals surface area contributed by atoms with E-state index in [4.69, 9.17) is 19.2 Å². The minimum Gasteiger partial charge on any atom is -0.497 e. The van der Waals surface area contributed by atoms with Gasteiger partial charge in [-0.2, -0.15) is 0 Å². The third-order valence-corrected chi connectivity index (χ3v) is 6.90. The Morgan fingerprint density at radius 2 is 1.64 bits per heavy atom. The van der Waals surface area contributed by atoms with Gasteiger partial charge >= 0.3 is 0 Å². The van der Waals surface area contributed by atoms with Crippen LogP contribution in [0, 0.1) is 0 Å². The maximum Gasteiger partial charge on any atom is 0.124 e. The summed E-state index contributed by atoms with van der Waals surface area (Å²) < 4.78 is 16.5. The Bertz CT molecular complexity index is 1120. The van der Waals surface area contributed by atoms with Crippen LogP contribution in [0.25, 0.3) is 10.9 Å². The second kappa shape index (κ2) is 9.38. The number of methoxy groups -OCH3 is 3. The van der Waals surface area contributed by atoms with Crippen LogP contribution in [0.2, 0.25) is 0 Å². The molecule has 1 N–H and O–H groups in total. The summed E-state index contributed by atoms with van der Waals surface area (Å²) in [7, 11) is 5.11. The first-order valence-electron chi connectivity index (χ1n) is 11.9. The SMILES string of the molecule is COc1cc(NC2CCCN(c3c4c(nc5ccc(OC)cc35)CCCC4)C2)cc(OC)c1. The van der Waals surface area contributed by atoms with Gasteiger partial charge in [0.1, 0.15) is 17.2 Å². The lowest BCUT2D eigenvalue weighted by molar-refractivity contribution is 0.394. The molecule has 33 heavy (non-hydrogen) atoms. The van der Waals surface area contributed by atoms with Gasteiger partial charge in [0, 0.05) is 54.1 Å². The largest absolute Gasteiger partial charge is 0.497 e. The molecule has 1 aliphatic carbocycles. The molecule has 2 heterocycles. The van der Waals surface area contributed by atoms with Crippen LogP contribution in [0.1, 0.15) is 36.9 Å². The number of aryl methyl sites for hydroxylation is 1. The van der Waals surface area contributed by atoms with Crippen LogP contribution in [-0.2, 0) is 12.8 Å². The summed E-state index contributed by atoms with van der Waals surface area (Å²) in [6.07, 6.45) is 6.90. The summed E-state index contributed by atoms with van der Waals surface area (Å²) >= 11 is 0. The van der Waals surface area contributed by atoms with Crippen LogP contribution in [0.4, 0.5) is 11.4 Å². The molecule has 5 rings (SSSR count). The molecular formula is C27H33N3O3. The number of aromatic nitrogens is 1. The molecule has 0 amide bonds. The van der Waals surface area contributed by atoms with E-state index >= 15 is 0 Å². The number of nitrogens with one attached hydrogen (secondary N) is 1. The molecule has 2 aromatic carbocycles. The number of ether oxygens (including phenoxy) is 3. The Morgan fingerprint density at radius 3 is 2.39 bits per heavy atom. The Hall–Kier alpha value is -3.15. The predicted molar refractivity (Wildman–Crippen MR) is 133 cm³/mol. The van der Waals surface area contributed by atoms with Gasteiger partial charge in [-0.3, -0.25) is 4.98 Å². The molecule has 0 saturated carbocycles. The number of piperidine rings is 1. The maximum atomic E-state index is 5.57. The third kappa shape index (κ3) is 4.39. The number of hydrogen-bond acceptors (Lipinski definition) is 6. The molecule has 1 atom stereocenters. The lowest BCUT2D eigenvalue weighted by Crippen LogP contribution is -2.43. The second-order valence-corrected chi connectivity index (χ2v) is 9.01. The first kappa shape index (κ1) is 21.7. The second-order valence-electron chi connectivity index (χ2n) is 9.01. The Balaban J connectivity index is 1.49. The van der Waals surface area contributed by atoms with Crippen molar-refractivity contribution in [3.05, 3.63) is 47.7 Å². The van der Waals surface area contributed by atoms with Crippen molar-refractivity contribution in [1.29, 1.82) is 0 Å². The van der Waals surface area contributed by atoms with Crippen molar-refractivity contribution in [2.75, 3.05) is 44.6 Å². The van der Waals surface area contributed by atoms with Crippen LogP contribution in [0.5, 0.6) is 17.2 Å². The fourth-order valence-electron chi connectivity index (χ4n) is 5.29. The van der Waals surface area contributed by atoms with Gasteiger partial charge in [0.05, 0.1) is 32.5 Å². The summed E-state index contributed by atoms with van der Waals surface area (Å²) in [5, 5.41) is 4.95. The number of fused-ring (bicyclic) bond motifs is 2. The molecule has 0 radical (unpaired) electrons. The molecule has 6 nitrogen and oxygen atoms in total. The Morgan fingerprint density at radius 1 is 0.879 bits per heavy atom. The van der Waals surface area contributed by atoms with E-state index in [-0.39, 0.29) is 0 Å². The number of pyridine rings is 1. The molecule has 1 fully saturated rings. The van der Waals surface area contributed by atoms with Crippen molar-refractivity contribution in [2.45, 2.75) is 44.6 Å². The quantitative estimate of drug-likeness (QED) is 0.559. The summed E-state index contributed by atoms with van der Waals surface area (Å²) in [6.45, 7) is 2.00. The van der Waals surface area contributed by atoms with Crippen LogP contribution in [0.3, 0.4) is 0 Å². The fraction of sp³-hybridized carbons (Fsp3) is 0.444. The summed E-state index contributed by atoms with van der Waals surface area (Å²) in [5.41, 5.74) is 6.18. The maximum absolute atomic E-state index is 5.57. The van der Waals surface area contributed by atoms with Gasteiger partial charge in [0.15, 0.2) is 0 Å². The van der Waals surface area contributed by atoms with E-state index in [9.17, 15) is 0 Å². The number of rotatable bonds is 6. The Labute approximate surface area is 195 Å². The molecule has 6 heteroatoms.